The zero-order valence-corrected chi connectivity index (χ0v) is 14.5. The number of nitrogens with zero attached hydrogens (tertiary/aromatic N) is 5. The minimum Gasteiger partial charge on any atom is -0.340 e. The summed E-state index contributed by atoms with van der Waals surface area (Å²) in [6, 6.07) is 0.416. The maximum Gasteiger partial charge on any atom is 0.356 e. The molecule has 0 amide bonds. The molecule has 1 aliphatic heterocycles. The number of anilines is 1. The summed E-state index contributed by atoms with van der Waals surface area (Å²) in [7, 11) is 1.96. The molecule has 2 aliphatic rings. The fourth-order valence-corrected chi connectivity index (χ4v) is 3.59. The molecule has 0 aromatic carbocycles. The van der Waals surface area contributed by atoms with Gasteiger partial charge in [-0.25, -0.2) is 14.2 Å². The van der Waals surface area contributed by atoms with Gasteiger partial charge in [0.1, 0.15) is 6.33 Å². The Morgan fingerprint density at radius 2 is 2.08 bits per heavy atom. The summed E-state index contributed by atoms with van der Waals surface area (Å²) >= 11 is 0. The monoisotopic (exact) mass is 345 g/mol. The van der Waals surface area contributed by atoms with Crippen LogP contribution in [0, 0.1) is 5.92 Å². The van der Waals surface area contributed by atoms with Crippen molar-refractivity contribution in [2.24, 2.45) is 5.92 Å². The molecule has 3 heterocycles. The molecule has 2 atom stereocenters. The van der Waals surface area contributed by atoms with E-state index in [1.807, 2.05) is 7.05 Å². The van der Waals surface area contributed by atoms with Crippen LogP contribution in [-0.2, 0) is 0 Å². The van der Waals surface area contributed by atoms with E-state index in [1.54, 1.807) is 0 Å². The summed E-state index contributed by atoms with van der Waals surface area (Å²) in [6.07, 6.45) is 4.34. The van der Waals surface area contributed by atoms with Crippen molar-refractivity contribution in [1.82, 2.24) is 24.4 Å². The van der Waals surface area contributed by atoms with E-state index < -0.39 is 11.2 Å². The number of fused-ring (bicyclic) bond motifs is 1. The van der Waals surface area contributed by atoms with Gasteiger partial charge >= 0.3 is 5.69 Å². The lowest BCUT2D eigenvalue weighted by molar-refractivity contribution is 0.428. The molecule has 1 saturated heterocycles. The van der Waals surface area contributed by atoms with Crippen LogP contribution < -0.4 is 27.3 Å². The predicted molar refractivity (Wildman–Crippen MR) is 94.5 cm³/mol. The topological polar surface area (TPSA) is 111 Å². The summed E-state index contributed by atoms with van der Waals surface area (Å²) in [5.41, 5.74) is -0.126. The first-order valence-electron chi connectivity index (χ1n) is 8.73. The zero-order valence-electron chi connectivity index (χ0n) is 14.5. The van der Waals surface area contributed by atoms with Gasteiger partial charge in [-0.05, 0) is 45.1 Å². The fraction of sp³-hybridized carbons (Fsp3) is 0.625. The normalized spacial score (nSPS) is 21.8. The molecule has 3 N–H and O–H groups in total. The van der Waals surface area contributed by atoms with Crippen molar-refractivity contribution >= 4 is 11.6 Å². The SMILES string of the molecule is CN[C@@H](C)[C@@H]1CCN(c2ncn3c(=O)n(N)c(=O)c(C4CC4)c3n2)C1. The number of hydrogen-bond acceptors (Lipinski definition) is 7. The van der Waals surface area contributed by atoms with E-state index >= 15 is 0 Å². The minimum absolute atomic E-state index is 0.135. The van der Waals surface area contributed by atoms with E-state index in [0.717, 1.165) is 32.4 Å². The highest BCUT2D eigenvalue weighted by molar-refractivity contribution is 5.52. The van der Waals surface area contributed by atoms with Gasteiger partial charge in [-0.3, -0.25) is 4.79 Å². The molecule has 1 saturated carbocycles. The highest BCUT2D eigenvalue weighted by Crippen LogP contribution is 2.39. The van der Waals surface area contributed by atoms with Crippen LogP contribution in [0.2, 0.25) is 0 Å². The van der Waals surface area contributed by atoms with Crippen LogP contribution in [0.5, 0.6) is 0 Å². The summed E-state index contributed by atoms with van der Waals surface area (Å²) < 4.78 is 1.94. The fourth-order valence-electron chi connectivity index (χ4n) is 3.59. The van der Waals surface area contributed by atoms with Gasteiger partial charge in [0.25, 0.3) is 5.56 Å². The summed E-state index contributed by atoms with van der Waals surface area (Å²) in [4.78, 5) is 35.8. The first-order chi connectivity index (χ1) is 12.0. The molecule has 25 heavy (non-hydrogen) atoms. The Hall–Kier alpha value is -2.42. The van der Waals surface area contributed by atoms with E-state index in [2.05, 4.69) is 27.1 Å². The van der Waals surface area contributed by atoms with Crippen molar-refractivity contribution in [3.05, 3.63) is 32.7 Å². The lowest BCUT2D eigenvalue weighted by atomic mass is 10.0. The lowest BCUT2D eigenvalue weighted by Gasteiger charge is -2.20. The van der Waals surface area contributed by atoms with E-state index in [1.165, 1.54) is 10.7 Å². The number of aromatic nitrogens is 4. The van der Waals surface area contributed by atoms with E-state index in [4.69, 9.17) is 5.84 Å². The molecule has 2 aromatic rings. The van der Waals surface area contributed by atoms with Gasteiger partial charge in [0.05, 0.1) is 5.56 Å². The third-order valence-electron chi connectivity index (χ3n) is 5.48. The Bertz CT molecular complexity index is 930. The van der Waals surface area contributed by atoms with E-state index in [9.17, 15) is 9.59 Å². The Balaban J connectivity index is 1.78. The highest BCUT2D eigenvalue weighted by atomic mass is 16.2. The second-order valence-electron chi connectivity index (χ2n) is 7.07. The maximum atomic E-state index is 12.4. The van der Waals surface area contributed by atoms with Gasteiger partial charge in [0.2, 0.25) is 5.95 Å². The Kier molecular flexibility index (Phi) is 3.75. The Labute approximate surface area is 144 Å². The van der Waals surface area contributed by atoms with Crippen molar-refractivity contribution in [2.75, 3.05) is 30.9 Å². The van der Waals surface area contributed by atoms with Gasteiger partial charge in [-0.2, -0.15) is 9.66 Å². The average Bonchev–Trinajstić information content (AvgIpc) is 3.33. The average molecular weight is 345 g/mol. The molecular weight excluding hydrogens is 322 g/mol. The van der Waals surface area contributed by atoms with Crippen molar-refractivity contribution in [2.45, 2.75) is 38.1 Å². The highest BCUT2D eigenvalue weighted by Gasteiger charge is 2.32. The number of hydrogen-bond donors (Lipinski definition) is 2. The third-order valence-corrected chi connectivity index (χ3v) is 5.48. The maximum absolute atomic E-state index is 12.4. The first-order valence-corrected chi connectivity index (χ1v) is 8.73. The van der Waals surface area contributed by atoms with E-state index in [0.29, 0.717) is 33.8 Å². The minimum atomic E-state index is -0.612. The molecule has 0 bridgehead atoms. The van der Waals surface area contributed by atoms with E-state index in [-0.39, 0.29) is 5.92 Å². The first kappa shape index (κ1) is 16.1. The molecule has 4 rings (SSSR count). The molecule has 2 fully saturated rings. The smallest absolute Gasteiger partial charge is 0.340 e. The predicted octanol–water partition coefficient (Wildman–Crippen LogP) is -0.723. The summed E-state index contributed by atoms with van der Waals surface area (Å²) in [5, 5.41) is 3.29. The largest absolute Gasteiger partial charge is 0.356 e. The van der Waals surface area contributed by atoms with Crippen LogP contribution in [0.25, 0.3) is 5.65 Å². The number of rotatable bonds is 4. The molecule has 2 aromatic heterocycles. The molecule has 9 nitrogen and oxygen atoms in total. The quantitative estimate of drug-likeness (QED) is 0.703. The summed E-state index contributed by atoms with van der Waals surface area (Å²) in [6.45, 7) is 3.89. The van der Waals surface area contributed by atoms with Crippen LogP contribution in [0.15, 0.2) is 15.9 Å². The second-order valence-corrected chi connectivity index (χ2v) is 7.07. The van der Waals surface area contributed by atoms with Crippen molar-refractivity contribution < 1.29 is 0 Å². The molecule has 0 spiro atoms. The molecule has 0 unspecified atom stereocenters. The molecule has 1 aliphatic carbocycles. The lowest BCUT2D eigenvalue weighted by Crippen LogP contribution is -2.44. The molecule has 9 heteroatoms. The van der Waals surface area contributed by atoms with Crippen LogP contribution in [0.1, 0.15) is 37.7 Å². The van der Waals surface area contributed by atoms with Crippen LogP contribution in [-0.4, -0.2) is 45.2 Å². The van der Waals surface area contributed by atoms with Crippen LogP contribution in [0.4, 0.5) is 5.95 Å². The van der Waals surface area contributed by atoms with Gasteiger partial charge in [0.15, 0.2) is 5.65 Å². The number of nitrogen functional groups attached to an aromatic ring is 1. The molecule has 0 radical (unpaired) electrons. The van der Waals surface area contributed by atoms with Gasteiger partial charge in [-0.15, -0.1) is 0 Å². The van der Waals surface area contributed by atoms with Crippen LogP contribution in [0.3, 0.4) is 0 Å². The standard InChI is InChI=1S/C16H23N7O2/c1-9(18-2)11-5-6-21(7-11)15-19-8-22-13(20-15)12(10-3-4-10)14(24)23(17)16(22)25/h8-11,18H,3-7,17H2,1-2H3/t9-,11+/m0/s1. The zero-order chi connectivity index (χ0) is 17.7. The summed E-state index contributed by atoms with van der Waals surface area (Å²) in [5.74, 6) is 6.87. The second kappa shape index (κ2) is 5.83. The molecule has 134 valence electrons. The van der Waals surface area contributed by atoms with Gasteiger partial charge in [-0.1, -0.05) is 0 Å². The van der Waals surface area contributed by atoms with Gasteiger partial charge < -0.3 is 16.1 Å². The third kappa shape index (κ3) is 2.58. The van der Waals surface area contributed by atoms with Crippen molar-refractivity contribution in [1.29, 1.82) is 0 Å². The molecular formula is C16H23N7O2. The van der Waals surface area contributed by atoms with Crippen molar-refractivity contribution in [3.8, 4) is 0 Å². The van der Waals surface area contributed by atoms with Crippen molar-refractivity contribution in [3.63, 3.8) is 0 Å². The Morgan fingerprint density at radius 1 is 1.32 bits per heavy atom. The number of nitrogens with one attached hydrogen (secondary N) is 1. The Morgan fingerprint density at radius 3 is 2.76 bits per heavy atom. The number of nitrogens with two attached hydrogens (primary N) is 1. The van der Waals surface area contributed by atoms with Gasteiger partial charge in [0, 0.05) is 19.1 Å². The van der Waals surface area contributed by atoms with Crippen LogP contribution >= 0.6 is 0 Å².